The van der Waals surface area contributed by atoms with Crippen LogP contribution in [0.1, 0.15) is 29.0 Å². The number of fused-ring (bicyclic) bond motifs is 1. The molecule has 0 N–H and O–H groups in total. The number of benzene rings is 2. The van der Waals surface area contributed by atoms with Crippen LogP contribution in [0.2, 0.25) is 0 Å². The van der Waals surface area contributed by atoms with Crippen LogP contribution in [0.5, 0.6) is 0 Å². The Labute approximate surface area is 113 Å². The maximum atomic E-state index is 13.1. The van der Waals surface area contributed by atoms with Gasteiger partial charge in [0.1, 0.15) is 5.82 Å². The van der Waals surface area contributed by atoms with Crippen molar-refractivity contribution in [2.75, 3.05) is 13.6 Å². The first-order chi connectivity index (χ1) is 9.24. The first kappa shape index (κ1) is 12.4. The summed E-state index contributed by atoms with van der Waals surface area (Å²) in [5.74, 6) is 0.213. The van der Waals surface area contributed by atoms with E-state index in [4.69, 9.17) is 0 Å². The molecule has 2 heteroatoms. The number of halogens is 1. The Morgan fingerprint density at radius 3 is 2.58 bits per heavy atom. The SMILES string of the molecule is CN1CCC(c2ccc(F)cc2)c2ccccc2C1. The van der Waals surface area contributed by atoms with E-state index in [1.54, 1.807) is 12.1 Å². The molecule has 0 amide bonds. The lowest BCUT2D eigenvalue weighted by molar-refractivity contribution is 0.328. The number of hydrogen-bond donors (Lipinski definition) is 0. The summed E-state index contributed by atoms with van der Waals surface area (Å²) in [6, 6.07) is 15.6. The van der Waals surface area contributed by atoms with Crippen LogP contribution in [0.4, 0.5) is 4.39 Å². The topological polar surface area (TPSA) is 3.24 Å². The Morgan fingerprint density at radius 1 is 1.05 bits per heavy atom. The van der Waals surface area contributed by atoms with E-state index in [0.717, 1.165) is 19.5 Å². The van der Waals surface area contributed by atoms with Crippen LogP contribution in [-0.4, -0.2) is 18.5 Å². The normalized spacial score (nSPS) is 19.8. The highest BCUT2D eigenvalue weighted by Crippen LogP contribution is 2.33. The molecule has 98 valence electrons. The Kier molecular flexibility index (Phi) is 3.34. The van der Waals surface area contributed by atoms with Gasteiger partial charge in [-0.2, -0.15) is 0 Å². The van der Waals surface area contributed by atoms with Crippen molar-refractivity contribution in [3.63, 3.8) is 0 Å². The quantitative estimate of drug-likeness (QED) is 0.749. The first-order valence-electron chi connectivity index (χ1n) is 6.76. The van der Waals surface area contributed by atoms with E-state index < -0.39 is 0 Å². The van der Waals surface area contributed by atoms with Crippen molar-refractivity contribution in [1.82, 2.24) is 4.90 Å². The molecule has 2 aromatic rings. The van der Waals surface area contributed by atoms with E-state index >= 15 is 0 Å². The number of nitrogens with zero attached hydrogens (tertiary/aromatic N) is 1. The van der Waals surface area contributed by atoms with Gasteiger partial charge in [0, 0.05) is 12.5 Å². The van der Waals surface area contributed by atoms with Crippen LogP contribution >= 0.6 is 0 Å². The Bertz CT molecular complexity index is 562. The van der Waals surface area contributed by atoms with Crippen molar-refractivity contribution >= 4 is 0 Å². The molecule has 1 nitrogen and oxygen atoms in total. The molecule has 1 unspecified atom stereocenters. The molecule has 0 radical (unpaired) electrons. The minimum absolute atomic E-state index is 0.164. The fourth-order valence-electron chi connectivity index (χ4n) is 2.93. The summed E-state index contributed by atoms with van der Waals surface area (Å²) >= 11 is 0. The van der Waals surface area contributed by atoms with E-state index in [2.05, 4.69) is 36.2 Å². The molecule has 0 fully saturated rings. The minimum Gasteiger partial charge on any atom is -0.302 e. The molecule has 1 aliphatic heterocycles. The van der Waals surface area contributed by atoms with Crippen LogP contribution in [0, 0.1) is 5.82 Å². The van der Waals surface area contributed by atoms with E-state index in [1.165, 1.54) is 16.7 Å². The molecule has 3 rings (SSSR count). The van der Waals surface area contributed by atoms with Gasteiger partial charge in [0.05, 0.1) is 0 Å². The predicted molar refractivity (Wildman–Crippen MR) is 75.6 cm³/mol. The van der Waals surface area contributed by atoms with Gasteiger partial charge in [0.15, 0.2) is 0 Å². The average molecular weight is 255 g/mol. The number of hydrogen-bond acceptors (Lipinski definition) is 1. The third-order valence-corrected chi connectivity index (χ3v) is 3.94. The summed E-state index contributed by atoms with van der Waals surface area (Å²) in [5, 5.41) is 0. The second-order valence-corrected chi connectivity index (χ2v) is 5.33. The second kappa shape index (κ2) is 5.14. The van der Waals surface area contributed by atoms with Crippen molar-refractivity contribution in [2.45, 2.75) is 18.9 Å². The molecule has 0 saturated carbocycles. The van der Waals surface area contributed by atoms with Gasteiger partial charge in [0.25, 0.3) is 0 Å². The lowest BCUT2D eigenvalue weighted by Gasteiger charge is -2.17. The number of rotatable bonds is 1. The summed E-state index contributed by atoms with van der Waals surface area (Å²) < 4.78 is 13.1. The second-order valence-electron chi connectivity index (χ2n) is 5.33. The van der Waals surface area contributed by atoms with Crippen LogP contribution in [0.25, 0.3) is 0 Å². The molecule has 1 heterocycles. The molecule has 2 aromatic carbocycles. The monoisotopic (exact) mass is 255 g/mol. The molecule has 19 heavy (non-hydrogen) atoms. The third-order valence-electron chi connectivity index (χ3n) is 3.94. The van der Waals surface area contributed by atoms with Crippen LogP contribution in [-0.2, 0) is 6.54 Å². The van der Waals surface area contributed by atoms with E-state index in [9.17, 15) is 4.39 Å². The molecule has 0 aliphatic carbocycles. The van der Waals surface area contributed by atoms with Gasteiger partial charge in [-0.3, -0.25) is 0 Å². The minimum atomic E-state index is -0.164. The maximum absolute atomic E-state index is 13.1. The summed E-state index contributed by atoms with van der Waals surface area (Å²) in [6.07, 6.45) is 1.08. The van der Waals surface area contributed by atoms with Gasteiger partial charge < -0.3 is 4.90 Å². The lowest BCUT2D eigenvalue weighted by Crippen LogP contribution is -2.17. The van der Waals surface area contributed by atoms with Gasteiger partial charge in [-0.1, -0.05) is 36.4 Å². The Hall–Kier alpha value is -1.67. The highest BCUT2D eigenvalue weighted by Gasteiger charge is 2.21. The summed E-state index contributed by atoms with van der Waals surface area (Å²) in [6.45, 7) is 2.06. The lowest BCUT2D eigenvalue weighted by atomic mass is 9.87. The fourth-order valence-corrected chi connectivity index (χ4v) is 2.93. The molecular formula is C17H18FN. The zero-order chi connectivity index (χ0) is 13.2. The Balaban J connectivity index is 2.04. The van der Waals surface area contributed by atoms with E-state index in [1.807, 2.05) is 12.1 Å². The van der Waals surface area contributed by atoms with E-state index in [-0.39, 0.29) is 5.82 Å². The standard InChI is InChI=1S/C17H18FN/c1-19-11-10-17(13-6-8-15(18)9-7-13)16-5-3-2-4-14(16)12-19/h2-9,17H,10-12H2,1H3. The van der Waals surface area contributed by atoms with E-state index in [0.29, 0.717) is 5.92 Å². The van der Waals surface area contributed by atoms with Gasteiger partial charge in [-0.25, -0.2) is 4.39 Å². The highest BCUT2D eigenvalue weighted by atomic mass is 19.1. The average Bonchev–Trinajstić information content (AvgIpc) is 2.58. The zero-order valence-corrected chi connectivity index (χ0v) is 11.1. The molecule has 1 aliphatic rings. The Morgan fingerprint density at radius 2 is 1.79 bits per heavy atom. The summed E-state index contributed by atoms with van der Waals surface area (Å²) in [4.78, 5) is 2.35. The summed E-state index contributed by atoms with van der Waals surface area (Å²) in [7, 11) is 2.16. The molecule has 0 aromatic heterocycles. The van der Waals surface area contributed by atoms with Gasteiger partial charge in [-0.05, 0) is 48.8 Å². The van der Waals surface area contributed by atoms with Crippen LogP contribution in [0.3, 0.4) is 0 Å². The molecular weight excluding hydrogens is 237 g/mol. The molecule has 0 spiro atoms. The molecule has 0 saturated heterocycles. The maximum Gasteiger partial charge on any atom is 0.123 e. The first-order valence-corrected chi connectivity index (χ1v) is 6.76. The van der Waals surface area contributed by atoms with Crippen molar-refractivity contribution in [3.8, 4) is 0 Å². The van der Waals surface area contributed by atoms with Gasteiger partial charge >= 0.3 is 0 Å². The van der Waals surface area contributed by atoms with Crippen molar-refractivity contribution < 1.29 is 4.39 Å². The van der Waals surface area contributed by atoms with Crippen LogP contribution in [0.15, 0.2) is 48.5 Å². The van der Waals surface area contributed by atoms with Crippen molar-refractivity contribution in [2.24, 2.45) is 0 Å². The third kappa shape index (κ3) is 2.54. The zero-order valence-electron chi connectivity index (χ0n) is 11.1. The van der Waals surface area contributed by atoms with Gasteiger partial charge in [0.2, 0.25) is 0 Å². The summed E-state index contributed by atoms with van der Waals surface area (Å²) in [5.41, 5.74) is 3.99. The van der Waals surface area contributed by atoms with Gasteiger partial charge in [-0.15, -0.1) is 0 Å². The predicted octanol–water partition coefficient (Wildman–Crippen LogP) is 3.79. The fraction of sp³-hybridized carbons (Fsp3) is 0.294. The van der Waals surface area contributed by atoms with Crippen LogP contribution < -0.4 is 0 Å². The molecule has 0 bridgehead atoms. The van der Waals surface area contributed by atoms with Crippen molar-refractivity contribution in [1.29, 1.82) is 0 Å². The highest BCUT2D eigenvalue weighted by molar-refractivity contribution is 5.38. The van der Waals surface area contributed by atoms with Crippen molar-refractivity contribution in [3.05, 3.63) is 71.0 Å². The largest absolute Gasteiger partial charge is 0.302 e. The molecule has 1 atom stereocenters. The smallest absolute Gasteiger partial charge is 0.123 e.